The molecule has 1 fully saturated rings. The second-order valence-electron chi connectivity index (χ2n) is 11.9. The first kappa shape index (κ1) is 30.3. The first-order valence-electron chi connectivity index (χ1n) is 14.9. The average molecular weight is 585 g/mol. The standard InChI is InChI=1S/C35H40N2O6/c1-6-40-31(32(38)37-26(22-42-34(37)39)20-24-12-8-7-9-13-24)21-25-16-17-30(28-15-11-10-14-27(25)28)41-19-18-29-23(2)43-33(36-29)35(3,4)5/h7-17,26,31H,6,18-22H2,1-5H3/t26-,31-/m0/s1. The van der Waals surface area contributed by atoms with Crippen LogP contribution in [0.1, 0.15) is 56.2 Å². The van der Waals surface area contributed by atoms with Crippen LogP contribution < -0.4 is 4.74 Å². The second kappa shape index (κ2) is 13.0. The van der Waals surface area contributed by atoms with Gasteiger partial charge in [0.2, 0.25) is 0 Å². The van der Waals surface area contributed by atoms with Crippen molar-refractivity contribution in [1.82, 2.24) is 9.88 Å². The number of carbonyl (C=O) groups excluding carboxylic acids is 2. The Balaban J connectivity index is 1.32. The molecule has 0 aliphatic carbocycles. The van der Waals surface area contributed by atoms with Crippen LogP contribution >= 0.6 is 0 Å². The van der Waals surface area contributed by atoms with Gasteiger partial charge in [-0.05, 0) is 42.8 Å². The molecule has 1 aliphatic rings. The second-order valence-corrected chi connectivity index (χ2v) is 11.9. The molecule has 0 saturated carbocycles. The van der Waals surface area contributed by atoms with Crippen molar-refractivity contribution < 1.29 is 28.2 Å². The minimum absolute atomic E-state index is 0.158. The van der Waals surface area contributed by atoms with Crippen molar-refractivity contribution in [2.75, 3.05) is 19.8 Å². The molecule has 2 atom stereocenters. The number of cyclic esters (lactones) is 1. The summed E-state index contributed by atoms with van der Waals surface area (Å²) < 4.78 is 23.4. The van der Waals surface area contributed by atoms with E-state index in [-0.39, 0.29) is 24.0 Å². The molecule has 0 bridgehead atoms. The van der Waals surface area contributed by atoms with E-state index in [1.54, 1.807) is 0 Å². The summed E-state index contributed by atoms with van der Waals surface area (Å²) in [6.07, 6.45) is -0.00332. The van der Waals surface area contributed by atoms with Gasteiger partial charge in [-0.15, -0.1) is 0 Å². The fraction of sp³-hybridized carbons (Fsp3) is 0.400. The maximum atomic E-state index is 13.8. The van der Waals surface area contributed by atoms with Gasteiger partial charge in [0.05, 0.1) is 18.3 Å². The molecule has 4 aromatic rings. The smallest absolute Gasteiger partial charge is 0.417 e. The summed E-state index contributed by atoms with van der Waals surface area (Å²) in [6.45, 7) is 11.0. The molecule has 226 valence electrons. The molecule has 8 nitrogen and oxygen atoms in total. The lowest BCUT2D eigenvalue weighted by atomic mass is 9.97. The van der Waals surface area contributed by atoms with Gasteiger partial charge in [-0.2, -0.15) is 0 Å². The molecule has 1 saturated heterocycles. The number of benzene rings is 3. The Hall–Kier alpha value is -4.17. The van der Waals surface area contributed by atoms with Crippen LogP contribution in [-0.4, -0.2) is 53.9 Å². The molecule has 43 heavy (non-hydrogen) atoms. The van der Waals surface area contributed by atoms with Crippen molar-refractivity contribution in [2.45, 2.75) is 71.4 Å². The van der Waals surface area contributed by atoms with Crippen LogP contribution in [0.5, 0.6) is 5.75 Å². The molecule has 5 rings (SSSR count). The van der Waals surface area contributed by atoms with Crippen LogP contribution in [-0.2, 0) is 38.9 Å². The lowest BCUT2D eigenvalue weighted by molar-refractivity contribution is -0.141. The maximum absolute atomic E-state index is 13.8. The molecule has 3 aromatic carbocycles. The summed E-state index contributed by atoms with van der Waals surface area (Å²) in [5.74, 6) is 1.91. The third-order valence-corrected chi connectivity index (χ3v) is 7.67. The average Bonchev–Trinajstić information content (AvgIpc) is 3.55. The first-order chi connectivity index (χ1) is 20.7. The van der Waals surface area contributed by atoms with E-state index in [9.17, 15) is 9.59 Å². The van der Waals surface area contributed by atoms with E-state index in [0.717, 1.165) is 45.0 Å². The number of fused-ring (bicyclic) bond motifs is 1. The number of imide groups is 1. The molecule has 0 radical (unpaired) electrons. The molecule has 2 amide bonds. The van der Waals surface area contributed by atoms with Gasteiger partial charge in [0.1, 0.15) is 24.2 Å². The summed E-state index contributed by atoms with van der Waals surface area (Å²) in [6, 6.07) is 21.3. The number of amides is 2. The zero-order valence-electron chi connectivity index (χ0n) is 25.6. The molecular formula is C35H40N2O6. The van der Waals surface area contributed by atoms with E-state index in [2.05, 4.69) is 20.8 Å². The summed E-state index contributed by atoms with van der Waals surface area (Å²) in [5, 5.41) is 1.91. The topological polar surface area (TPSA) is 91.1 Å². The minimum atomic E-state index is -0.837. The highest BCUT2D eigenvalue weighted by atomic mass is 16.6. The monoisotopic (exact) mass is 584 g/mol. The number of rotatable bonds is 11. The third kappa shape index (κ3) is 6.91. The number of nitrogens with zero attached hydrogens (tertiary/aromatic N) is 2. The predicted molar refractivity (Wildman–Crippen MR) is 164 cm³/mol. The van der Waals surface area contributed by atoms with Gasteiger partial charge >= 0.3 is 6.09 Å². The number of ether oxygens (including phenoxy) is 3. The van der Waals surface area contributed by atoms with Crippen molar-refractivity contribution in [1.29, 1.82) is 0 Å². The largest absolute Gasteiger partial charge is 0.493 e. The minimum Gasteiger partial charge on any atom is -0.493 e. The predicted octanol–water partition coefficient (Wildman–Crippen LogP) is 6.59. The van der Waals surface area contributed by atoms with Crippen molar-refractivity contribution in [3.8, 4) is 5.75 Å². The Morgan fingerprint density at radius 1 is 1.05 bits per heavy atom. The van der Waals surface area contributed by atoms with Crippen LogP contribution in [0, 0.1) is 6.92 Å². The summed E-state index contributed by atoms with van der Waals surface area (Å²) in [5.41, 5.74) is 2.71. The lowest BCUT2D eigenvalue weighted by Crippen LogP contribution is -2.47. The molecule has 0 N–H and O–H groups in total. The summed E-state index contributed by atoms with van der Waals surface area (Å²) in [4.78, 5) is 32.4. The number of oxazole rings is 1. The van der Waals surface area contributed by atoms with Gasteiger partial charge in [-0.3, -0.25) is 4.79 Å². The Morgan fingerprint density at radius 2 is 1.77 bits per heavy atom. The Morgan fingerprint density at radius 3 is 2.47 bits per heavy atom. The first-order valence-corrected chi connectivity index (χ1v) is 14.9. The highest BCUT2D eigenvalue weighted by molar-refractivity contribution is 5.97. The van der Waals surface area contributed by atoms with Gasteiger partial charge in [0, 0.05) is 30.2 Å². The molecule has 0 unspecified atom stereocenters. The Kier molecular flexibility index (Phi) is 9.16. The number of carbonyl (C=O) groups is 2. The van der Waals surface area contributed by atoms with Crippen LogP contribution in [0.15, 0.2) is 71.1 Å². The van der Waals surface area contributed by atoms with Gasteiger partial charge < -0.3 is 18.6 Å². The van der Waals surface area contributed by atoms with Gasteiger partial charge in [-0.25, -0.2) is 14.7 Å². The highest BCUT2D eigenvalue weighted by Gasteiger charge is 2.41. The number of aryl methyl sites for hydroxylation is 1. The Labute approximate surface area is 252 Å². The van der Waals surface area contributed by atoms with E-state index in [1.165, 1.54) is 4.90 Å². The maximum Gasteiger partial charge on any atom is 0.417 e. The zero-order valence-corrected chi connectivity index (χ0v) is 25.6. The normalized spacial score (nSPS) is 16.0. The van der Waals surface area contributed by atoms with E-state index in [1.807, 2.05) is 80.6 Å². The quantitative estimate of drug-likeness (QED) is 0.196. The van der Waals surface area contributed by atoms with Crippen LogP contribution in [0.2, 0.25) is 0 Å². The van der Waals surface area contributed by atoms with E-state index < -0.39 is 12.2 Å². The molecule has 8 heteroatoms. The van der Waals surface area contributed by atoms with Crippen molar-refractivity contribution in [3.05, 3.63) is 95.2 Å². The zero-order chi connectivity index (χ0) is 30.6. The van der Waals surface area contributed by atoms with Gasteiger partial charge in [-0.1, -0.05) is 81.4 Å². The van der Waals surface area contributed by atoms with E-state index >= 15 is 0 Å². The highest BCUT2D eigenvalue weighted by Crippen LogP contribution is 2.31. The molecule has 1 aromatic heterocycles. The van der Waals surface area contributed by atoms with Gasteiger partial charge in [0.15, 0.2) is 5.89 Å². The molecular weight excluding hydrogens is 544 g/mol. The van der Waals surface area contributed by atoms with Crippen molar-refractivity contribution in [2.24, 2.45) is 0 Å². The van der Waals surface area contributed by atoms with E-state index in [4.69, 9.17) is 23.6 Å². The summed E-state index contributed by atoms with van der Waals surface area (Å²) >= 11 is 0. The number of aromatic nitrogens is 1. The molecule has 1 aliphatic heterocycles. The van der Waals surface area contributed by atoms with Crippen LogP contribution in [0.3, 0.4) is 0 Å². The molecule has 0 spiro atoms. The van der Waals surface area contributed by atoms with Crippen molar-refractivity contribution >= 4 is 22.8 Å². The fourth-order valence-electron chi connectivity index (χ4n) is 5.42. The van der Waals surface area contributed by atoms with Crippen molar-refractivity contribution in [3.63, 3.8) is 0 Å². The van der Waals surface area contributed by atoms with E-state index in [0.29, 0.717) is 32.5 Å². The van der Waals surface area contributed by atoms with Crippen LogP contribution in [0.25, 0.3) is 10.8 Å². The Bertz CT molecular complexity index is 1570. The lowest BCUT2D eigenvalue weighted by Gasteiger charge is -2.25. The summed E-state index contributed by atoms with van der Waals surface area (Å²) in [7, 11) is 0. The number of hydrogen-bond acceptors (Lipinski definition) is 7. The number of hydrogen-bond donors (Lipinski definition) is 0. The third-order valence-electron chi connectivity index (χ3n) is 7.67. The molecule has 2 heterocycles. The SMILES string of the molecule is CCO[C@@H](Cc1ccc(OCCc2nc(C(C)(C)C)oc2C)c2ccccc12)C(=O)N1C(=O)OC[C@@H]1Cc1ccccc1. The fourth-order valence-corrected chi connectivity index (χ4v) is 5.42. The van der Waals surface area contributed by atoms with Crippen LogP contribution in [0.4, 0.5) is 4.79 Å². The van der Waals surface area contributed by atoms with Gasteiger partial charge in [0.25, 0.3) is 5.91 Å².